The lowest BCUT2D eigenvalue weighted by atomic mass is 9.91. The molecule has 0 saturated carbocycles. The van der Waals surface area contributed by atoms with Crippen molar-refractivity contribution in [2.24, 2.45) is 4.99 Å². The molecule has 0 spiro atoms. The summed E-state index contributed by atoms with van der Waals surface area (Å²) in [5.41, 5.74) is 0.104. The van der Waals surface area contributed by atoms with Crippen molar-refractivity contribution in [3.8, 4) is 0 Å². The number of methoxy groups -OCH3 is 1. The maximum absolute atomic E-state index is 5.94. The number of nitrogens with zero attached hydrogens (tertiary/aromatic N) is 2. The van der Waals surface area contributed by atoms with Gasteiger partial charge in [-0.2, -0.15) is 0 Å². The average molecular weight is 495 g/mol. The van der Waals surface area contributed by atoms with Gasteiger partial charge in [0.1, 0.15) is 0 Å². The Hall–Kier alpha value is -0.380. The van der Waals surface area contributed by atoms with E-state index in [2.05, 4.69) is 46.6 Å². The molecule has 0 aliphatic carbocycles. The molecule has 1 fully saturated rings. The van der Waals surface area contributed by atoms with Gasteiger partial charge in [-0.15, -0.1) is 35.3 Å². The van der Waals surface area contributed by atoms with Crippen LogP contribution >= 0.6 is 35.3 Å². The van der Waals surface area contributed by atoms with Crippen LogP contribution in [0.2, 0.25) is 0 Å². The second-order valence-corrected chi connectivity index (χ2v) is 8.11. The van der Waals surface area contributed by atoms with Crippen LogP contribution in [-0.2, 0) is 14.9 Å². The molecule has 1 N–H and O–H groups in total. The van der Waals surface area contributed by atoms with E-state index < -0.39 is 0 Å². The molecule has 150 valence electrons. The number of hydrogen-bond donors (Lipinski definition) is 1. The highest BCUT2D eigenvalue weighted by Crippen LogP contribution is 2.26. The number of halogens is 1. The lowest BCUT2D eigenvalue weighted by Gasteiger charge is -2.35. The first kappa shape index (κ1) is 23.7. The molecule has 1 aliphatic heterocycles. The summed E-state index contributed by atoms with van der Waals surface area (Å²) in [4.78, 5) is 8.23. The van der Waals surface area contributed by atoms with Gasteiger partial charge in [0.2, 0.25) is 0 Å². The molecule has 26 heavy (non-hydrogen) atoms. The topological polar surface area (TPSA) is 46.1 Å². The van der Waals surface area contributed by atoms with Gasteiger partial charge in [0.15, 0.2) is 5.96 Å². The molecular formula is C19H34IN3O2S. The Kier molecular flexibility index (Phi) is 11.1. The summed E-state index contributed by atoms with van der Waals surface area (Å²) in [5, 5.41) is 5.71. The zero-order chi connectivity index (χ0) is 18.1. The zero-order valence-electron chi connectivity index (χ0n) is 16.5. The highest BCUT2D eigenvalue weighted by atomic mass is 127. The standard InChI is InChI=1S/C19H33N3O2S.HI/c1-19(2,17-7-5-14-25-17)15-21-18(20-3)22-10-8-16(9-11-22)24-13-6-12-23-4;/h5,7,14,16H,6,8-13,15H2,1-4H3,(H,20,21);1H. The van der Waals surface area contributed by atoms with Gasteiger partial charge in [-0.3, -0.25) is 4.99 Å². The lowest BCUT2D eigenvalue weighted by Crippen LogP contribution is -2.49. The first-order valence-electron chi connectivity index (χ1n) is 9.17. The van der Waals surface area contributed by atoms with Gasteiger partial charge in [-0.05, 0) is 30.7 Å². The third-order valence-electron chi connectivity index (χ3n) is 4.68. The number of piperidine rings is 1. The number of guanidine groups is 1. The maximum atomic E-state index is 5.94. The summed E-state index contributed by atoms with van der Waals surface area (Å²) in [6, 6.07) is 4.33. The second kappa shape index (κ2) is 12.2. The number of ether oxygens (including phenoxy) is 2. The van der Waals surface area contributed by atoms with Crippen LogP contribution in [0.15, 0.2) is 22.5 Å². The molecule has 1 aromatic heterocycles. The Morgan fingerprint density at radius 3 is 2.65 bits per heavy atom. The summed E-state index contributed by atoms with van der Waals surface area (Å²) >= 11 is 1.82. The van der Waals surface area contributed by atoms with E-state index in [4.69, 9.17) is 9.47 Å². The first-order valence-corrected chi connectivity index (χ1v) is 10.0. The summed E-state index contributed by atoms with van der Waals surface area (Å²) in [6.07, 6.45) is 3.45. The molecule has 2 rings (SSSR count). The van der Waals surface area contributed by atoms with E-state index in [0.29, 0.717) is 6.10 Å². The average Bonchev–Trinajstić information content (AvgIpc) is 3.16. The summed E-state index contributed by atoms with van der Waals surface area (Å²) in [7, 11) is 3.60. The van der Waals surface area contributed by atoms with Crippen molar-refractivity contribution in [1.29, 1.82) is 0 Å². The molecule has 0 bridgehead atoms. The maximum Gasteiger partial charge on any atom is 0.193 e. The van der Waals surface area contributed by atoms with E-state index in [1.807, 2.05) is 18.4 Å². The van der Waals surface area contributed by atoms with Gasteiger partial charge in [-0.25, -0.2) is 0 Å². The molecule has 5 nitrogen and oxygen atoms in total. The van der Waals surface area contributed by atoms with Crippen LogP contribution in [0.5, 0.6) is 0 Å². The van der Waals surface area contributed by atoms with E-state index >= 15 is 0 Å². The number of aliphatic imine (C=N–C) groups is 1. The minimum atomic E-state index is 0. The van der Waals surface area contributed by atoms with Crippen LogP contribution in [0.1, 0.15) is 38.0 Å². The molecule has 1 saturated heterocycles. The van der Waals surface area contributed by atoms with Crippen molar-refractivity contribution in [1.82, 2.24) is 10.2 Å². The fourth-order valence-corrected chi connectivity index (χ4v) is 3.92. The van der Waals surface area contributed by atoms with Crippen molar-refractivity contribution >= 4 is 41.3 Å². The summed E-state index contributed by atoms with van der Waals surface area (Å²) < 4.78 is 11.0. The first-order chi connectivity index (χ1) is 12.1. The van der Waals surface area contributed by atoms with Gasteiger partial charge in [-0.1, -0.05) is 19.9 Å². The van der Waals surface area contributed by atoms with Crippen molar-refractivity contribution in [3.63, 3.8) is 0 Å². The van der Waals surface area contributed by atoms with Crippen molar-refractivity contribution < 1.29 is 9.47 Å². The predicted molar refractivity (Wildman–Crippen MR) is 121 cm³/mol. The van der Waals surface area contributed by atoms with Crippen LogP contribution < -0.4 is 5.32 Å². The normalized spacial score (nSPS) is 16.5. The van der Waals surface area contributed by atoms with Gasteiger partial charge in [0.25, 0.3) is 0 Å². The van der Waals surface area contributed by atoms with Crippen LogP contribution in [0.3, 0.4) is 0 Å². The largest absolute Gasteiger partial charge is 0.385 e. The molecule has 7 heteroatoms. The quantitative estimate of drug-likeness (QED) is 0.259. The Morgan fingerprint density at radius 1 is 1.35 bits per heavy atom. The SMILES string of the molecule is CN=C(NCC(C)(C)c1cccs1)N1CCC(OCCCOC)CC1.I. The van der Waals surface area contributed by atoms with Crippen molar-refractivity contribution in [2.45, 2.75) is 44.6 Å². The zero-order valence-corrected chi connectivity index (χ0v) is 19.6. The third kappa shape index (κ3) is 7.32. The van der Waals surface area contributed by atoms with Crippen LogP contribution in [-0.4, -0.2) is 64.0 Å². The lowest BCUT2D eigenvalue weighted by molar-refractivity contribution is 0.00988. The molecular weight excluding hydrogens is 461 g/mol. The van der Waals surface area contributed by atoms with E-state index in [1.54, 1.807) is 7.11 Å². The smallest absolute Gasteiger partial charge is 0.193 e. The fourth-order valence-electron chi connectivity index (χ4n) is 3.07. The van der Waals surface area contributed by atoms with E-state index in [0.717, 1.165) is 58.1 Å². The number of thiophene rings is 1. The van der Waals surface area contributed by atoms with Gasteiger partial charge >= 0.3 is 0 Å². The van der Waals surface area contributed by atoms with E-state index in [-0.39, 0.29) is 29.4 Å². The van der Waals surface area contributed by atoms with Gasteiger partial charge in [0.05, 0.1) is 6.10 Å². The molecule has 2 heterocycles. The summed E-state index contributed by atoms with van der Waals surface area (Å²) in [6.45, 7) is 8.99. The monoisotopic (exact) mass is 495 g/mol. The van der Waals surface area contributed by atoms with Crippen LogP contribution in [0.25, 0.3) is 0 Å². The Morgan fingerprint density at radius 2 is 2.08 bits per heavy atom. The fraction of sp³-hybridized carbons (Fsp3) is 0.737. The molecule has 1 aromatic rings. The highest BCUT2D eigenvalue weighted by Gasteiger charge is 2.25. The summed E-state index contributed by atoms with van der Waals surface area (Å²) in [5.74, 6) is 1.00. The van der Waals surface area contributed by atoms with Crippen molar-refractivity contribution in [2.75, 3.05) is 47.0 Å². The Labute approximate surface area is 179 Å². The van der Waals surface area contributed by atoms with Gasteiger partial charge < -0.3 is 19.7 Å². The Balaban J connectivity index is 0.00000338. The molecule has 0 unspecified atom stereocenters. The van der Waals surface area contributed by atoms with E-state index in [1.165, 1.54) is 4.88 Å². The number of hydrogen-bond acceptors (Lipinski definition) is 4. The molecule has 0 aromatic carbocycles. The van der Waals surface area contributed by atoms with Gasteiger partial charge in [0, 0.05) is 57.3 Å². The minimum Gasteiger partial charge on any atom is -0.385 e. The number of likely N-dealkylation sites (tertiary alicyclic amines) is 1. The molecule has 0 radical (unpaired) electrons. The van der Waals surface area contributed by atoms with Crippen LogP contribution in [0, 0.1) is 0 Å². The minimum absolute atomic E-state index is 0. The predicted octanol–water partition coefficient (Wildman–Crippen LogP) is 3.74. The van der Waals surface area contributed by atoms with Crippen molar-refractivity contribution in [3.05, 3.63) is 22.4 Å². The highest BCUT2D eigenvalue weighted by molar-refractivity contribution is 14.0. The number of rotatable bonds is 8. The molecule has 1 aliphatic rings. The third-order valence-corrected chi connectivity index (χ3v) is 5.91. The number of nitrogens with one attached hydrogen (secondary N) is 1. The second-order valence-electron chi connectivity index (χ2n) is 7.17. The molecule has 0 amide bonds. The Bertz CT molecular complexity index is 515. The van der Waals surface area contributed by atoms with Crippen LogP contribution in [0.4, 0.5) is 0 Å². The van der Waals surface area contributed by atoms with E-state index in [9.17, 15) is 0 Å². The molecule has 0 atom stereocenters.